The van der Waals surface area contributed by atoms with Gasteiger partial charge in [0.05, 0.1) is 10.8 Å². The van der Waals surface area contributed by atoms with Crippen LogP contribution >= 0.6 is 11.8 Å². The Bertz CT molecular complexity index is 1380. The van der Waals surface area contributed by atoms with E-state index in [-0.39, 0.29) is 29.1 Å². The fraction of sp³-hybridized carbons (Fsp3) is 0.269. The lowest BCUT2D eigenvalue weighted by atomic mass is 9.70. The summed E-state index contributed by atoms with van der Waals surface area (Å²) in [6.07, 6.45) is 1.57. The van der Waals surface area contributed by atoms with E-state index < -0.39 is 22.3 Å². The van der Waals surface area contributed by atoms with Gasteiger partial charge in [-0.25, -0.2) is 0 Å². The third kappa shape index (κ3) is 3.08. The Hall–Kier alpha value is -3.56. The molecule has 3 aliphatic heterocycles. The number of benzene rings is 2. The topological polar surface area (TPSA) is 105 Å². The first-order chi connectivity index (χ1) is 16.9. The van der Waals surface area contributed by atoms with E-state index in [9.17, 15) is 19.7 Å². The van der Waals surface area contributed by atoms with Gasteiger partial charge in [0.2, 0.25) is 5.91 Å². The molecule has 0 saturated carbocycles. The summed E-state index contributed by atoms with van der Waals surface area (Å²) in [5.41, 5.74) is 2.21. The molecule has 6 rings (SSSR count). The first-order valence-corrected chi connectivity index (χ1v) is 12.5. The fourth-order valence-corrected chi connectivity index (χ4v) is 7.40. The van der Waals surface area contributed by atoms with Crippen molar-refractivity contribution in [2.75, 3.05) is 16.9 Å². The van der Waals surface area contributed by atoms with Crippen LogP contribution in [0.25, 0.3) is 0 Å². The van der Waals surface area contributed by atoms with Crippen molar-refractivity contribution in [3.8, 4) is 0 Å². The highest BCUT2D eigenvalue weighted by molar-refractivity contribution is 7.99. The Kier molecular flexibility index (Phi) is 5.01. The summed E-state index contributed by atoms with van der Waals surface area (Å²) in [6, 6.07) is 17.3. The van der Waals surface area contributed by atoms with Crippen LogP contribution in [0.5, 0.6) is 0 Å². The van der Waals surface area contributed by atoms with Gasteiger partial charge in [0.15, 0.2) is 5.78 Å². The molecule has 2 aromatic carbocycles. The average molecular weight is 487 g/mol. The van der Waals surface area contributed by atoms with E-state index >= 15 is 0 Å². The van der Waals surface area contributed by atoms with Crippen molar-refractivity contribution < 1.29 is 14.5 Å². The molecule has 3 aliphatic rings. The van der Waals surface area contributed by atoms with E-state index in [0.717, 1.165) is 16.9 Å². The number of carbonyl (C=O) groups is 2. The molecule has 8 nitrogen and oxygen atoms in total. The highest BCUT2D eigenvalue weighted by atomic mass is 32.2. The zero-order valence-corrected chi connectivity index (χ0v) is 19.7. The number of aryl methyl sites for hydroxylation is 1. The first-order valence-electron chi connectivity index (χ1n) is 11.4. The minimum Gasteiger partial charge on any atom is -0.324 e. The number of nitro benzene ring substituents is 1. The molecule has 1 aromatic heterocycles. The molecule has 1 N–H and O–H groups in total. The van der Waals surface area contributed by atoms with Gasteiger partial charge in [-0.1, -0.05) is 35.9 Å². The summed E-state index contributed by atoms with van der Waals surface area (Å²) >= 11 is 1.71. The number of pyridine rings is 1. The molecule has 0 radical (unpaired) electrons. The predicted molar refractivity (Wildman–Crippen MR) is 132 cm³/mol. The number of anilines is 1. The van der Waals surface area contributed by atoms with Crippen molar-refractivity contribution in [2.45, 2.75) is 24.4 Å². The summed E-state index contributed by atoms with van der Waals surface area (Å²) in [4.78, 5) is 45.9. The largest absolute Gasteiger partial charge is 0.324 e. The maximum atomic E-state index is 14.3. The lowest BCUT2D eigenvalue weighted by molar-refractivity contribution is -0.384. The molecule has 9 heteroatoms. The Morgan fingerprint density at radius 2 is 2.06 bits per heavy atom. The van der Waals surface area contributed by atoms with Gasteiger partial charge in [-0.3, -0.25) is 29.6 Å². The molecule has 0 unspecified atom stereocenters. The smallest absolute Gasteiger partial charge is 0.269 e. The number of hydrogen-bond donors (Lipinski definition) is 1. The van der Waals surface area contributed by atoms with E-state index in [2.05, 4.69) is 15.2 Å². The molecular weight excluding hydrogens is 464 g/mol. The molecule has 2 fully saturated rings. The molecular formula is C26H22N4O4S. The van der Waals surface area contributed by atoms with Gasteiger partial charge in [0, 0.05) is 53.2 Å². The number of nitrogens with one attached hydrogen (secondary N) is 1. The number of amides is 1. The Morgan fingerprint density at radius 3 is 2.83 bits per heavy atom. The van der Waals surface area contributed by atoms with Gasteiger partial charge in [0.25, 0.3) is 5.69 Å². The minimum atomic E-state index is -1.22. The normalized spacial score (nSPS) is 27.0. The van der Waals surface area contributed by atoms with Crippen molar-refractivity contribution >= 4 is 34.8 Å². The van der Waals surface area contributed by atoms with E-state index in [1.807, 2.05) is 31.2 Å². The van der Waals surface area contributed by atoms with Gasteiger partial charge in [-0.2, -0.15) is 0 Å². The standard InChI is InChI=1S/C26H22N4O4S/c1-15-8-9-19-18(11-15)26(25(32)28-19)23(24(31)20-7-2-3-10-27-20)22(21-13-35-14-29(21)26)16-5-4-6-17(12-16)30(33)34/h2-12,21-23H,13-14H2,1H3,(H,28,32)/t21-,22-,23+,26-/m1/s1. The van der Waals surface area contributed by atoms with Crippen molar-refractivity contribution in [1.82, 2.24) is 9.88 Å². The lowest BCUT2D eigenvalue weighted by Crippen LogP contribution is -2.52. The molecule has 3 aromatic rings. The fourth-order valence-electron chi connectivity index (χ4n) is 6.08. The first kappa shape index (κ1) is 21.9. The monoisotopic (exact) mass is 486 g/mol. The van der Waals surface area contributed by atoms with E-state index in [0.29, 0.717) is 17.1 Å². The van der Waals surface area contributed by atoms with E-state index in [4.69, 9.17) is 0 Å². The molecule has 1 spiro atoms. The van der Waals surface area contributed by atoms with Gasteiger partial charge < -0.3 is 5.32 Å². The van der Waals surface area contributed by atoms with Crippen molar-refractivity contribution in [3.05, 3.63) is 99.4 Å². The van der Waals surface area contributed by atoms with Crippen LogP contribution in [-0.2, 0) is 10.3 Å². The molecule has 35 heavy (non-hydrogen) atoms. The maximum absolute atomic E-state index is 14.3. The SMILES string of the molecule is Cc1ccc2c(c1)[C@]1(C(=O)N2)[C@H](C(=O)c2ccccn2)[C@H](c2cccc([N+](=O)[O-])c2)[C@H]2CSCN21. The van der Waals surface area contributed by atoms with Crippen LogP contribution < -0.4 is 5.32 Å². The van der Waals surface area contributed by atoms with Crippen molar-refractivity contribution in [3.63, 3.8) is 0 Å². The molecule has 1 amide bonds. The summed E-state index contributed by atoms with van der Waals surface area (Å²) in [6.45, 7) is 1.97. The van der Waals surface area contributed by atoms with Gasteiger partial charge >= 0.3 is 0 Å². The highest BCUT2D eigenvalue weighted by Crippen LogP contribution is 2.61. The number of rotatable bonds is 4. The van der Waals surface area contributed by atoms with Crippen LogP contribution in [0, 0.1) is 23.0 Å². The number of non-ortho nitro benzene ring substituents is 1. The van der Waals surface area contributed by atoms with Crippen LogP contribution in [0.4, 0.5) is 11.4 Å². The number of hydrogen-bond acceptors (Lipinski definition) is 7. The number of nitrogens with zero attached hydrogens (tertiary/aromatic N) is 3. The van der Waals surface area contributed by atoms with Crippen LogP contribution in [0.2, 0.25) is 0 Å². The number of Topliss-reactive ketones (excluding diaryl/α,β-unsaturated/α-hetero) is 1. The van der Waals surface area contributed by atoms with Crippen molar-refractivity contribution in [1.29, 1.82) is 0 Å². The molecule has 4 atom stereocenters. The summed E-state index contributed by atoms with van der Waals surface area (Å²) in [5, 5.41) is 14.6. The molecule has 0 aliphatic carbocycles. The summed E-state index contributed by atoms with van der Waals surface area (Å²) < 4.78 is 0. The van der Waals surface area contributed by atoms with Crippen LogP contribution in [0.15, 0.2) is 66.9 Å². The molecule has 2 saturated heterocycles. The highest BCUT2D eigenvalue weighted by Gasteiger charge is 2.69. The summed E-state index contributed by atoms with van der Waals surface area (Å²) in [7, 11) is 0. The molecule has 176 valence electrons. The van der Waals surface area contributed by atoms with Gasteiger partial charge in [0.1, 0.15) is 11.2 Å². The molecule has 0 bridgehead atoms. The Balaban J connectivity index is 1.63. The Morgan fingerprint density at radius 1 is 1.20 bits per heavy atom. The number of nitro groups is 1. The van der Waals surface area contributed by atoms with Crippen LogP contribution in [0.1, 0.15) is 33.1 Å². The summed E-state index contributed by atoms with van der Waals surface area (Å²) in [5.74, 6) is -0.373. The number of ketones is 1. The quantitative estimate of drug-likeness (QED) is 0.336. The van der Waals surface area contributed by atoms with Gasteiger partial charge in [-0.15, -0.1) is 11.8 Å². The number of thioether (sulfide) groups is 1. The second kappa shape index (κ2) is 8.00. The third-order valence-electron chi connectivity index (χ3n) is 7.44. The third-order valence-corrected chi connectivity index (χ3v) is 8.48. The van der Waals surface area contributed by atoms with Crippen LogP contribution in [0.3, 0.4) is 0 Å². The number of carbonyl (C=O) groups excluding carboxylic acids is 2. The second-order valence-corrected chi connectivity index (χ2v) is 10.2. The zero-order valence-electron chi connectivity index (χ0n) is 18.9. The number of aromatic nitrogens is 1. The maximum Gasteiger partial charge on any atom is 0.269 e. The zero-order chi connectivity index (χ0) is 24.3. The minimum absolute atomic E-state index is 0.0307. The lowest BCUT2D eigenvalue weighted by Gasteiger charge is -2.36. The van der Waals surface area contributed by atoms with Crippen molar-refractivity contribution in [2.24, 2.45) is 5.92 Å². The average Bonchev–Trinajstić information content (AvgIpc) is 3.52. The second-order valence-electron chi connectivity index (χ2n) is 9.24. The molecule has 4 heterocycles. The van der Waals surface area contributed by atoms with Crippen LogP contribution in [-0.4, -0.2) is 44.2 Å². The Labute approximate surface area is 205 Å². The van der Waals surface area contributed by atoms with E-state index in [1.54, 1.807) is 48.3 Å². The number of fused-ring (bicyclic) bond motifs is 4. The van der Waals surface area contributed by atoms with E-state index in [1.165, 1.54) is 6.07 Å². The van der Waals surface area contributed by atoms with Gasteiger partial charge in [-0.05, 0) is 30.7 Å². The predicted octanol–water partition coefficient (Wildman–Crippen LogP) is 4.12.